The minimum Gasteiger partial charge on any atom is -0.445 e. The third-order valence-corrected chi connectivity index (χ3v) is 4.00. The maximum atomic E-state index is 12.1. The van der Waals surface area contributed by atoms with Crippen molar-refractivity contribution in [2.75, 3.05) is 26.3 Å². The molecular formula is C16H28N2O3. The maximum Gasteiger partial charge on any atom is 0.435 e. The van der Waals surface area contributed by atoms with Gasteiger partial charge in [0, 0.05) is 18.5 Å². The van der Waals surface area contributed by atoms with E-state index in [4.69, 9.17) is 9.47 Å². The zero-order valence-corrected chi connectivity index (χ0v) is 13.6. The number of hydrogen-bond donors (Lipinski definition) is 0. The first-order valence-corrected chi connectivity index (χ1v) is 8.09. The smallest absolute Gasteiger partial charge is 0.435 e. The topological polar surface area (TPSA) is 51.1 Å². The van der Waals surface area contributed by atoms with Gasteiger partial charge < -0.3 is 14.4 Å². The van der Waals surface area contributed by atoms with Crippen LogP contribution in [0.3, 0.4) is 0 Å². The van der Waals surface area contributed by atoms with Crippen LogP contribution in [0, 0.1) is 5.41 Å². The molecule has 120 valence electrons. The highest BCUT2D eigenvalue weighted by Gasteiger charge is 2.28. The van der Waals surface area contributed by atoms with Gasteiger partial charge in [-0.15, -0.1) is 0 Å². The molecule has 1 aliphatic carbocycles. The lowest BCUT2D eigenvalue weighted by molar-refractivity contribution is 0.0629. The Morgan fingerprint density at radius 3 is 2.33 bits per heavy atom. The van der Waals surface area contributed by atoms with Gasteiger partial charge in [0.05, 0.1) is 13.2 Å². The number of ether oxygens (including phenoxy) is 2. The number of carbonyl (C=O) groups is 1. The molecule has 0 atom stereocenters. The second kappa shape index (κ2) is 7.25. The van der Waals surface area contributed by atoms with Gasteiger partial charge in [0.25, 0.3) is 0 Å². The Morgan fingerprint density at radius 2 is 1.76 bits per heavy atom. The molecule has 2 rings (SSSR count). The van der Waals surface area contributed by atoms with Crippen molar-refractivity contribution < 1.29 is 14.3 Å². The molecule has 1 saturated carbocycles. The zero-order valence-electron chi connectivity index (χ0n) is 13.6. The molecule has 0 aromatic heterocycles. The van der Waals surface area contributed by atoms with Gasteiger partial charge in [0.2, 0.25) is 0 Å². The van der Waals surface area contributed by atoms with Crippen LogP contribution in [0.2, 0.25) is 0 Å². The van der Waals surface area contributed by atoms with Gasteiger partial charge >= 0.3 is 6.09 Å². The number of rotatable bonds is 1. The van der Waals surface area contributed by atoms with E-state index in [1.807, 2.05) is 0 Å². The molecule has 5 heteroatoms. The van der Waals surface area contributed by atoms with Crippen molar-refractivity contribution in [3.8, 4) is 0 Å². The number of nitrogens with zero attached hydrogens (tertiary/aromatic N) is 2. The first kappa shape index (κ1) is 16.3. The number of carbonyl (C=O) groups excluding carboxylic acids is 1. The van der Waals surface area contributed by atoms with Gasteiger partial charge in [-0.2, -0.15) is 4.99 Å². The van der Waals surface area contributed by atoms with Gasteiger partial charge in [-0.3, -0.25) is 0 Å². The van der Waals surface area contributed by atoms with E-state index in [1.54, 1.807) is 0 Å². The second-order valence-corrected chi connectivity index (χ2v) is 6.93. The summed E-state index contributed by atoms with van der Waals surface area (Å²) in [6, 6.07) is 0. The first-order chi connectivity index (χ1) is 9.97. The lowest BCUT2D eigenvalue weighted by Crippen LogP contribution is -2.46. The third-order valence-electron chi connectivity index (χ3n) is 4.00. The molecule has 0 spiro atoms. The highest BCUT2D eigenvalue weighted by molar-refractivity contribution is 5.95. The van der Waals surface area contributed by atoms with Crippen molar-refractivity contribution in [3.05, 3.63) is 0 Å². The molecule has 2 aliphatic rings. The fourth-order valence-corrected chi connectivity index (χ4v) is 2.93. The van der Waals surface area contributed by atoms with Crippen molar-refractivity contribution >= 4 is 11.9 Å². The van der Waals surface area contributed by atoms with E-state index in [0.29, 0.717) is 13.2 Å². The summed E-state index contributed by atoms with van der Waals surface area (Å²) in [5, 5.41) is 0. The van der Waals surface area contributed by atoms with E-state index in [1.165, 1.54) is 6.42 Å². The number of aliphatic imine (C=N–C) groups is 1. The highest BCUT2D eigenvalue weighted by atomic mass is 16.6. The minimum atomic E-state index is -0.432. The van der Waals surface area contributed by atoms with Crippen LogP contribution >= 0.6 is 0 Å². The van der Waals surface area contributed by atoms with Crippen LogP contribution < -0.4 is 0 Å². The van der Waals surface area contributed by atoms with Crippen molar-refractivity contribution in [1.29, 1.82) is 0 Å². The number of amides is 1. The monoisotopic (exact) mass is 296 g/mol. The Hall–Kier alpha value is -1.10. The average Bonchev–Trinajstić information content (AvgIpc) is 2.45. The third kappa shape index (κ3) is 4.99. The van der Waals surface area contributed by atoms with E-state index in [2.05, 4.69) is 30.7 Å². The predicted molar refractivity (Wildman–Crippen MR) is 82.6 cm³/mol. The predicted octanol–water partition coefficient (Wildman–Crippen LogP) is 3.23. The minimum absolute atomic E-state index is 0.0564. The lowest BCUT2D eigenvalue weighted by atomic mass is 9.93. The molecule has 0 aromatic carbocycles. The Morgan fingerprint density at radius 1 is 1.14 bits per heavy atom. The van der Waals surface area contributed by atoms with Crippen LogP contribution in [0.25, 0.3) is 0 Å². The molecule has 21 heavy (non-hydrogen) atoms. The molecule has 0 aromatic rings. The van der Waals surface area contributed by atoms with Crippen LogP contribution in [-0.4, -0.2) is 49.2 Å². The van der Waals surface area contributed by atoms with E-state index < -0.39 is 6.09 Å². The average molecular weight is 296 g/mol. The molecule has 1 amide bonds. The van der Waals surface area contributed by atoms with E-state index >= 15 is 0 Å². The second-order valence-electron chi connectivity index (χ2n) is 6.93. The summed E-state index contributed by atoms with van der Waals surface area (Å²) in [7, 11) is 0. The summed E-state index contributed by atoms with van der Waals surface area (Å²) in [4.78, 5) is 18.6. The van der Waals surface area contributed by atoms with Crippen LogP contribution in [-0.2, 0) is 9.47 Å². The molecule has 1 aliphatic heterocycles. The van der Waals surface area contributed by atoms with Gasteiger partial charge in [-0.05, 0) is 25.7 Å². The Balaban J connectivity index is 2.02. The number of hydrogen-bond acceptors (Lipinski definition) is 3. The van der Waals surface area contributed by atoms with Gasteiger partial charge in [-0.25, -0.2) is 4.79 Å². The molecule has 5 nitrogen and oxygen atoms in total. The summed E-state index contributed by atoms with van der Waals surface area (Å²) in [6.07, 6.45) is 5.12. The quantitative estimate of drug-likeness (QED) is 0.550. The summed E-state index contributed by atoms with van der Waals surface area (Å²) >= 11 is 0. The summed E-state index contributed by atoms with van der Waals surface area (Å²) in [5.41, 5.74) is -0.178. The molecule has 0 bridgehead atoms. The Bertz CT molecular complexity index is 375. The molecule has 1 heterocycles. The fraction of sp³-hybridized carbons (Fsp3) is 0.875. The largest absolute Gasteiger partial charge is 0.445 e. The van der Waals surface area contributed by atoms with Crippen LogP contribution in [0.15, 0.2) is 4.99 Å². The van der Waals surface area contributed by atoms with Crippen molar-refractivity contribution in [2.24, 2.45) is 10.4 Å². The van der Waals surface area contributed by atoms with Gasteiger partial charge in [0.15, 0.2) is 0 Å². The van der Waals surface area contributed by atoms with Crippen molar-refractivity contribution in [2.45, 2.75) is 59.0 Å². The SMILES string of the molecule is CC(C)(C)C(=NC(=O)OC1CCCCC1)N1CCOCC1. The molecule has 0 unspecified atom stereocenters. The molecule has 0 radical (unpaired) electrons. The first-order valence-electron chi connectivity index (χ1n) is 8.09. The summed E-state index contributed by atoms with van der Waals surface area (Å²) < 4.78 is 10.9. The Kier molecular flexibility index (Phi) is 5.62. The lowest BCUT2D eigenvalue weighted by Gasteiger charge is -2.35. The van der Waals surface area contributed by atoms with Crippen molar-refractivity contribution in [3.63, 3.8) is 0 Å². The van der Waals surface area contributed by atoms with Crippen molar-refractivity contribution in [1.82, 2.24) is 4.90 Å². The highest BCUT2D eigenvalue weighted by Crippen LogP contribution is 2.23. The zero-order chi connectivity index (χ0) is 15.3. The van der Waals surface area contributed by atoms with Gasteiger partial charge in [0.1, 0.15) is 11.9 Å². The Labute approximate surface area is 127 Å². The summed E-state index contributed by atoms with van der Waals surface area (Å²) in [6.45, 7) is 9.18. The fourth-order valence-electron chi connectivity index (χ4n) is 2.93. The van der Waals surface area contributed by atoms with Gasteiger partial charge in [-0.1, -0.05) is 27.2 Å². The molecule has 1 saturated heterocycles. The molecule has 2 fully saturated rings. The maximum absolute atomic E-state index is 12.1. The van der Waals surface area contributed by atoms with Crippen LogP contribution in [0.4, 0.5) is 4.79 Å². The summed E-state index contributed by atoms with van der Waals surface area (Å²) in [5.74, 6) is 0.812. The van der Waals surface area contributed by atoms with Crippen LogP contribution in [0.5, 0.6) is 0 Å². The number of morpholine rings is 1. The molecular weight excluding hydrogens is 268 g/mol. The number of amidine groups is 1. The van der Waals surface area contributed by atoms with Crippen LogP contribution in [0.1, 0.15) is 52.9 Å². The van der Waals surface area contributed by atoms with E-state index in [0.717, 1.165) is 44.6 Å². The standard InChI is InChI=1S/C16H28N2O3/c1-16(2,3)14(18-9-11-20-12-10-18)17-15(19)21-13-7-5-4-6-8-13/h13H,4-12H2,1-3H3. The molecule has 0 N–H and O–H groups in total. The van der Waals surface area contributed by atoms with E-state index in [-0.39, 0.29) is 11.5 Å². The van der Waals surface area contributed by atoms with E-state index in [9.17, 15) is 4.79 Å². The normalized spacial score (nSPS) is 22.2.